The minimum absolute atomic E-state index is 0.325. The molecule has 0 fully saturated rings. The second-order valence-corrected chi connectivity index (χ2v) is 5.68. The van der Waals surface area contributed by atoms with Gasteiger partial charge in [0, 0.05) is 18.7 Å². The zero-order chi connectivity index (χ0) is 13.0. The number of hydrogen-bond donors (Lipinski definition) is 3. The summed E-state index contributed by atoms with van der Waals surface area (Å²) in [5.41, 5.74) is 0. The largest absolute Gasteiger partial charge is 0.478 e. The van der Waals surface area contributed by atoms with Crippen molar-refractivity contribution in [3.05, 3.63) is 12.2 Å². The summed E-state index contributed by atoms with van der Waals surface area (Å²) in [5.74, 6) is -2.04. The number of nitrogens with one attached hydrogen (secondary N) is 1. The lowest BCUT2D eigenvalue weighted by Gasteiger charge is -2.20. The summed E-state index contributed by atoms with van der Waals surface area (Å²) in [4.78, 5) is 21.0. The Morgan fingerprint density at radius 1 is 1.31 bits per heavy atom. The fourth-order valence-corrected chi connectivity index (χ4v) is 0.852. The Morgan fingerprint density at radius 3 is 2.19 bits per heavy atom. The maximum absolute atomic E-state index is 11.0. The first-order valence-corrected chi connectivity index (χ1v) is 5.66. The molecule has 3 N–H and O–H groups in total. The van der Waals surface area contributed by atoms with E-state index in [0.717, 1.165) is 6.08 Å². The van der Waals surface area contributed by atoms with Crippen molar-refractivity contribution in [3.8, 4) is 0 Å². The molecule has 0 rings (SSSR count). The minimum Gasteiger partial charge on any atom is -0.478 e. The molecule has 0 aliphatic rings. The highest BCUT2D eigenvalue weighted by Crippen LogP contribution is 2.12. The van der Waals surface area contributed by atoms with Gasteiger partial charge in [0.15, 0.2) is 0 Å². The third-order valence-corrected chi connectivity index (χ3v) is 3.30. The zero-order valence-electron chi connectivity index (χ0n) is 8.80. The number of carboxylic acids is 1. The molecule has 0 aromatic rings. The quantitative estimate of drug-likeness (QED) is 0.443. The van der Waals surface area contributed by atoms with E-state index in [4.69, 9.17) is 9.66 Å². The van der Waals surface area contributed by atoms with Gasteiger partial charge in [0.2, 0.25) is 5.91 Å². The van der Waals surface area contributed by atoms with Crippen LogP contribution >= 0.6 is 0 Å². The Kier molecular flexibility index (Phi) is 4.63. The lowest BCUT2D eigenvalue weighted by atomic mass is 10.2. The standard InChI is InChI=1S/C8H13NO6S/c1-8(2,16(13,14)15)5-9-6(10)3-4-7(11)12/h3-4H,5H2,1-2H3,(H,9,10)(H,11,12)(H,13,14,15)/b4-3+. The summed E-state index contributed by atoms with van der Waals surface area (Å²) in [5, 5.41) is 10.4. The predicted octanol–water partition coefficient (Wildman–Crippen LogP) is -0.590. The number of carbonyl (C=O) groups is 2. The van der Waals surface area contributed by atoms with Crippen molar-refractivity contribution in [2.75, 3.05) is 6.54 Å². The topological polar surface area (TPSA) is 121 Å². The van der Waals surface area contributed by atoms with Crippen molar-refractivity contribution in [2.24, 2.45) is 0 Å². The Morgan fingerprint density at radius 2 is 1.81 bits per heavy atom. The lowest BCUT2D eigenvalue weighted by molar-refractivity contribution is -0.131. The van der Waals surface area contributed by atoms with Gasteiger partial charge in [0.05, 0.1) is 0 Å². The molecule has 0 heterocycles. The monoisotopic (exact) mass is 251 g/mol. The smallest absolute Gasteiger partial charge is 0.328 e. The molecule has 0 aliphatic heterocycles. The van der Waals surface area contributed by atoms with Crippen molar-refractivity contribution in [2.45, 2.75) is 18.6 Å². The summed E-state index contributed by atoms with van der Waals surface area (Å²) in [6, 6.07) is 0. The van der Waals surface area contributed by atoms with Crippen LogP contribution in [0, 0.1) is 0 Å². The Hall–Kier alpha value is -1.41. The second kappa shape index (κ2) is 5.08. The average molecular weight is 251 g/mol. The van der Waals surface area contributed by atoms with E-state index in [1.54, 1.807) is 0 Å². The van der Waals surface area contributed by atoms with Crippen LogP contribution in [0.4, 0.5) is 0 Å². The van der Waals surface area contributed by atoms with Crippen molar-refractivity contribution < 1.29 is 27.7 Å². The number of carboxylic acid groups (broad SMARTS) is 1. The van der Waals surface area contributed by atoms with Crippen LogP contribution in [0.2, 0.25) is 0 Å². The predicted molar refractivity (Wildman–Crippen MR) is 55.4 cm³/mol. The molecule has 0 aromatic carbocycles. The Bertz CT molecular complexity index is 408. The van der Waals surface area contributed by atoms with Crippen LogP contribution < -0.4 is 5.32 Å². The molecule has 0 bridgehead atoms. The van der Waals surface area contributed by atoms with E-state index in [1.165, 1.54) is 13.8 Å². The second-order valence-electron chi connectivity index (χ2n) is 3.62. The molecule has 0 radical (unpaired) electrons. The molecular weight excluding hydrogens is 238 g/mol. The molecule has 0 aromatic heterocycles. The SMILES string of the molecule is CC(C)(CNC(=O)/C=C/C(=O)O)S(=O)(=O)O. The van der Waals surface area contributed by atoms with E-state index in [1.807, 2.05) is 0 Å². The molecule has 16 heavy (non-hydrogen) atoms. The number of aliphatic carboxylic acids is 1. The van der Waals surface area contributed by atoms with Gasteiger partial charge >= 0.3 is 5.97 Å². The van der Waals surface area contributed by atoms with Crippen LogP contribution in [0.15, 0.2) is 12.2 Å². The van der Waals surface area contributed by atoms with Crippen LogP contribution in [-0.4, -0.2) is 41.2 Å². The first-order chi connectivity index (χ1) is 7.06. The normalized spacial score (nSPS) is 12.7. The average Bonchev–Trinajstić information content (AvgIpc) is 2.09. The highest BCUT2D eigenvalue weighted by molar-refractivity contribution is 7.87. The third-order valence-electron chi connectivity index (χ3n) is 1.76. The molecule has 0 atom stereocenters. The van der Waals surface area contributed by atoms with E-state index >= 15 is 0 Å². The van der Waals surface area contributed by atoms with Gasteiger partial charge in [-0.05, 0) is 13.8 Å². The summed E-state index contributed by atoms with van der Waals surface area (Å²) < 4.78 is 28.9. The molecule has 0 saturated carbocycles. The first-order valence-electron chi connectivity index (χ1n) is 4.22. The molecule has 92 valence electrons. The molecule has 7 nitrogen and oxygen atoms in total. The van der Waals surface area contributed by atoms with Gasteiger partial charge in [-0.15, -0.1) is 0 Å². The van der Waals surface area contributed by atoms with Gasteiger partial charge in [0.25, 0.3) is 10.1 Å². The van der Waals surface area contributed by atoms with E-state index in [9.17, 15) is 18.0 Å². The van der Waals surface area contributed by atoms with Gasteiger partial charge in [-0.2, -0.15) is 8.42 Å². The maximum Gasteiger partial charge on any atom is 0.328 e. The highest BCUT2D eigenvalue weighted by atomic mass is 32.2. The molecule has 0 saturated heterocycles. The Balaban J connectivity index is 4.38. The molecule has 8 heteroatoms. The van der Waals surface area contributed by atoms with Crippen LogP contribution in [0.3, 0.4) is 0 Å². The highest BCUT2D eigenvalue weighted by Gasteiger charge is 2.32. The van der Waals surface area contributed by atoms with E-state index < -0.39 is 26.7 Å². The molecule has 0 unspecified atom stereocenters. The lowest BCUT2D eigenvalue weighted by Crippen LogP contribution is -2.43. The van der Waals surface area contributed by atoms with Crippen LogP contribution in [0.25, 0.3) is 0 Å². The summed E-state index contributed by atoms with van der Waals surface area (Å²) in [7, 11) is -4.28. The van der Waals surface area contributed by atoms with Crippen molar-refractivity contribution >= 4 is 22.0 Å². The fraction of sp³-hybridized carbons (Fsp3) is 0.500. The van der Waals surface area contributed by atoms with E-state index in [-0.39, 0.29) is 6.54 Å². The zero-order valence-corrected chi connectivity index (χ0v) is 9.61. The van der Waals surface area contributed by atoms with Gasteiger partial charge in [-0.1, -0.05) is 0 Å². The fourth-order valence-electron chi connectivity index (χ4n) is 0.597. The van der Waals surface area contributed by atoms with Crippen molar-refractivity contribution in [3.63, 3.8) is 0 Å². The van der Waals surface area contributed by atoms with Crippen LogP contribution in [-0.2, 0) is 19.7 Å². The minimum atomic E-state index is -4.28. The van der Waals surface area contributed by atoms with Gasteiger partial charge in [-0.25, -0.2) is 4.79 Å². The molecule has 0 spiro atoms. The van der Waals surface area contributed by atoms with Crippen molar-refractivity contribution in [1.82, 2.24) is 5.32 Å². The summed E-state index contributed by atoms with van der Waals surface area (Å²) in [6.07, 6.45) is 1.37. The van der Waals surface area contributed by atoms with E-state index in [0.29, 0.717) is 6.08 Å². The molecule has 1 amide bonds. The Labute approximate surface area is 92.9 Å². The van der Waals surface area contributed by atoms with Crippen LogP contribution in [0.5, 0.6) is 0 Å². The van der Waals surface area contributed by atoms with Crippen LogP contribution in [0.1, 0.15) is 13.8 Å². The van der Waals surface area contributed by atoms with E-state index in [2.05, 4.69) is 5.32 Å². The van der Waals surface area contributed by atoms with Crippen molar-refractivity contribution in [1.29, 1.82) is 0 Å². The number of hydrogen-bond acceptors (Lipinski definition) is 4. The summed E-state index contributed by atoms with van der Waals surface area (Å²) in [6.45, 7) is 2.13. The van der Waals surface area contributed by atoms with Gasteiger partial charge < -0.3 is 10.4 Å². The summed E-state index contributed by atoms with van der Waals surface area (Å²) >= 11 is 0. The number of carbonyl (C=O) groups excluding carboxylic acids is 1. The molecule has 0 aliphatic carbocycles. The maximum atomic E-state index is 11.0. The number of rotatable bonds is 5. The first kappa shape index (κ1) is 14.6. The van der Waals surface area contributed by atoms with Gasteiger partial charge in [0.1, 0.15) is 4.75 Å². The van der Waals surface area contributed by atoms with Gasteiger partial charge in [-0.3, -0.25) is 9.35 Å². The molecular formula is C8H13NO6S. The third kappa shape index (κ3) is 4.89. The number of amides is 1.